The Kier molecular flexibility index (Phi) is 3.98. The first-order valence-corrected chi connectivity index (χ1v) is 6.19. The number of fused-ring (bicyclic) bond motifs is 1. The molecule has 92 valence electrons. The molecule has 0 unspecified atom stereocenters. The molecule has 2 rings (SSSR count). The summed E-state index contributed by atoms with van der Waals surface area (Å²) in [5.74, 6) is 0.947. The number of anilines is 1. The monoisotopic (exact) mass is 232 g/mol. The fraction of sp³-hybridized carbons (Fsp3) is 0.462. The molecule has 1 aromatic heterocycles. The van der Waals surface area contributed by atoms with Gasteiger partial charge in [-0.1, -0.05) is 19.1 Å². The zero-order valence-corrected chi connectivity index (χ0v) is 10.5. The van der Waals surface area contributed by atoms with E-state index in [0.717, 1.165) is 37.5 Å². The molecule has 0 amide bonds. The summed E-state index contributed by atoms with van der Waals surface area (Å²) >= 11 is 0. The first kappa shape index (κ1) is 11.9. The fourth-order valence-electron chi connectivity index (χ4n) is 1.89. The van der Waals surface area contributed by atoms with Crippen molar-refractivity contribution >= 4 is 17.0 Å². The maximum absolute atomic E-state index is 4.56. The van der Waals surface area contributed by atoms with Gasteiger partial charge in [0, 0.05) is 13.6 Å². The van der Waals surface area contributed by atoms with Crippen LogP contribution in [-0.4, -0.2) is 29.2 Å². The highest BCUT2D eigenvalue weighted by molar-refractivity contribution is 5.78. The molecule has 4 heteroatoms. The lowest BCUT2D eigenvalue weighted by Gasteiger charge is -2.06. The van der Waals surface area contributed by atoms with Crippen LogP contribution in [0.15, 0.2) is 24.3 Å². The van der Waals surface area contributed by atoms with E-state index in [1.54, 1.807) is 0 Å². The van der Waals surface area contributed by atoms with Crippen LogP contribution in [0.4, 0.5) is 5.95 Å². The van der Waals surface area contributed by atoms with E-state index in [1.165, 1.54) is 5.52 Å². The van der Waals surface area contributed by atoms with Gasteiger partial charge in [-0.15, -0.1) is 0 Å². The Morgan fingerprint density at radius 2 is 2.06 bits per heavy atom. The second kappa shape index (κ2) is 5.68. The summed E-state index contributed by atoms with van der Waals surface area (Å²) in [6.07, 6.45) is 1.11. The molecule has 1 heterocycles. The maximum Gasteiger partial charge on any atom is 0.203 e. The average Bonchev–Trinajstić information content (AvgIpc) is 2.67. The molecule has 1 aromatic carbocycles. The van der Waals surface area contributed by atoms with Crippen LogP contribution in [-0.2, 0) is 7.05 Å². The van der Waals surface area contributed by atoms with Crippen molar-refractivity contribution in [2.75, 3.05) is 25.0 Å². The van der Waals surface area contributed by atoms with Crippen molar-refractivity contribution in [1.29, 1.82) is 0 Å². The Bertz CT molecular complexity index is 475. The minimum atomic E-state index is 0.947. The molecule has 0 bridgehead atoms. The van der Waals surface area contributed by atoms with Crippen LogP contribution >= 0.6 is 0 Å². The normalized spacial score (nSPS) is 10.9. The third kappa shape index (κ3) is 2.77. The lowest BCUT2D eigenvalue weighted by Crippen LogP contribution is -2.17. The number of aromatic nitrogens is 2. The van der Waals surface area contributed by atoms with Gasteiger partial charge in [-0.3, -0.25) is 0 Å². The first-order valence-electron chi connectivity index (χ1n) is 6.19. The number of para-hydroxylation sites is 2. The van der Waals surface area contributed by atoms with Crippen LogP contribution in [0.25, 0.3) is 11.0 Å². The van der Waals surface area contributed by atoms with Crippen molar-refractivity contribution in [2.24, 2.45) is 7.05 Å². The summed E-state index contributed by atoms with van der Waals surface area (Å²) < 4.78 is 2.10. The Hall–Kier alpha value is -1.55. The minimum Gasteiger partial charge on any atom is -0.356 e. The van der Waals surface area contributed by atoms with Crippen LogP contribution in [0.5, 0.6) is 0 Å². The summed E-state index contributed by atoms with van der Waals surface area (Å²) in [7, 11) is 2.04. The lowest BCUT2D eigenvalue weighted by atomic mass is 10.3. The molecule has 0 spiro atoms. The van der Waals surface area contributed by atoms with Gasteiger partial charge in [0.25, 0.3) is 0 Å². The van der Waals surface area contributed by atoms with Gasteiger partial charge in [0.05, 0.1) is 11.0 Å². The standard InChI is InChI=1S/C13H20N4/c1-3-14-9-6-10-15-13-16-11-7-4-5-8-12(11)17(13)2/h4-5,7-8,14H,3,6,9-10H2,1-2H3,(H,15,16). The summed E-state index contributed by atoms with van der Waals surface area (Å²) in [4.78, 5) is 4.56. The number of benzene rings is 1. The molecular weight excluding hydrogens is 212 g/mol. The highest BCUT2D eigenvalue weighted by atomic mass is 15.2. The largest absolute Gasteiger partial charge is 0.356 e. The smallest absolute Gasteiger partial charge is 0.203 e. The zero-order chi connectivity index (χ0) is 12.1. The van der Waals surface area contributed by atoms with Crippen molar-refractivity contribution in [1.82, 2.24) is 14.9 Å². The van der Waals surface area contributed by atoms with Crippen molar-refractivity contribution < 1.29 is 0 Å². The number of rotatable bonds is 6. The third-order valence-corrected chi connectivity index (χ3v) is 2.85. The van der Waals surface area contributed by atoms with Crippen LogP contribution in [0, 0.1) is 0 Å². The maximum atomic E-state index is 4.56. The molecule has 0 fully saturated rings. The number of imidazole rings is 1. The Morgan fingerprint density at radius 3 is 2.82 bits per heavy atom. The molecule has 0 aliphatic heterocycles. The van der Waals surface area contributed by atoms with Gasteiger partial charge in [0.15, 0.2) is 0 Å². The van der Waals surface area contributed by atoms with Gasteiger partial charge in [0.1, 0.15) is 0 Å². The molecule has 2 aromatic rings. The van der Waals surface area contributed by atoms with Gasteiger partial charge in [-0.25, -0.2) is 4.98 Å². The third-order valence-electron chi connectivity index (χ3n) is 2.85. The van der Waals surface area contributed by atoms with E-state index < -0.39 is 0 Å². The van der Waals surface area contributed by atoms with Gasteiger partial charge < -0.3 is 15.2 Å². The number of nitrogens with one attached hydrogen (secondary N) is 2. The fourth-order valence-corrected chi connectivity index (χ4v) is 1.89. The molecule has 4 nitrogen and oxygen atoms in total. The minimum absolute atomic E-state index is 0.947. The highest BCUT2D eigenvalue weighted by Gasteiger charge is 2.05. The van der Waals surface area contributed by atoms with E-state index in [9.17, 15) is 0 Å². The molecule has 0 aliphatic carbocycles. The first-order chi connectivity index (χ1) is 8.33. The summed E-state index contributed by atoms with van der Waals surface area (Å²) in [6.45, 7) is 5.16. The number of hydrogen-bond acceptors (Lipinski definition) is 3. The van der Waals surface area contributed by atoms with E-state index in [0.29, 0.717) is 0 Å². The number of nitrogens with zero attached hydrogens (tertiary/aromatic N) is 2. The highest BCUT2D eigenvalue weighted by Crippen LogP contribution is 2.17. The number of aryl methyl sites for hydroxylation is 1. The van der Waals surface area contributed by atoms with Gasteiger partial charge in [0.2, 0.25) is 5.95 Å². The van der Waals surface area contributed by atoms with Gasteiger partial charge in [-0.05, 0) is 31.6 Å². The Morgan fingerprint density at radius 1 is 1.24 bits per heavy atom. The molecule has 0 saturated heterocycles. The van der Waals surface area contributed by atoms with E-state index >= 15 is 0 Å². The van der Waals surface area contributed by atoms with Crippen molar-refractivity contribution in [3.8, 4) is 0 Å². The quantitative estimate of drug-likeness (QED) is 0.748. The Labute approximate surface area is 102 Å². The SMILES string of the molecule is CCNCCCNc1nc2ccccc2n1C. The van der Waals surface area contributed by atoms with E-state index in [2.05, 4.69) is 33.2 Å². The van der Waals surface area contributed by atoms with Gasteiger partial charge in [-0.2, -0.15) is 0 Å². The second-order valence-electron chi connectivity index (χ2n) is 4.12. The van der Waals surface area contributed by atoms with E-state index in [4.69, 9.17) is 0 Å². The summed E-state index contributed by atoms with van der Waals surface area (Å²) in [5, 5.41) is 6.68. The molecule has 17 heavy (non-hydrogen) atoms. The predicted molar refractivity (Wildman–Crippen MR) is 72.4 cm³/mol. The van der Waals surface area contributed by atoms with Gasteiger partial charge >= 0.3 is 0 Å². The van der Waals surface area contributed by atoms with Crippen LogP contribution in [0.3, 0.4) is 0 Å². The average molecular weight is 232 g/mol. The zero-order valence-electron chi connectivity index (χ0n) is 10.5. The lowest BCUT2D eigenvalue weighted by molar-refractivity contribution is 0.686. The molecule has 0 radical (unpaired) electrons. The van der Waals surface area contributed by atoms with Crippen LogP contribution in [0.2, 0.25) is 0 Å². The van der Waals surface area contributed by atoms with Crippen LogP contribution in [0.1, 0.15) is 13.3 Å². The summed E-state index contributed by atoms with van der Waals surface area (Å²) in [6, 6.07) is 8.19. The number of hydrogen-bond donors (Lipinski definition) is 2. The van der Waals surface area contributed by atoms with Crippen molar-refractivity contribution in [3.05, 3.63) is 24.3 Å². The molecule has 0 aliphatic rings. The second-order valence-corrected chi connectivity index (χ2v) is 4.12. The van der Waals surface area contributed by atoms with Crippen molar-refractivity contribution in [3.63, 3.8) is 0 Å². The van der Waals surface area contributed by atoms with E-state index in [-0.39, 0.29) is 0 Å². The van der Waals surface area contributed by atoms with E-state index in [1.807, 2.05) is 25.2 Å². The predicted octanol–water partition coefficient (Wildman–Crippen LogP) is 1.98. The Balaban J connectivity index is 1.97. The summed E-state index contributed by atoms with van der Waals surface area (Å²) in [5.41, 5.74) is 2.21. The van der Waals surface area contributed by atoms with Crippen LogP contribution < -0.4 is 10.6 Å². The molecule has 2 N–H and O–H groups in total. The topological polar surface area (TPSA) is 41.9 Å². The molecular formula is C13H20N4. The molecule has 0 saturated carbocycles. The molecule has 0 atom stereocenters. The van der Waals surface area contributed by atoms with Crippen molar-refractivity contribution in [2.45, 2.75) is 13.3 Å².